The van der Waals surface area contributed by atoms with Gasteiger partial charge in [0.05, 0.1) is 19.1 Å². The van der Waals surface area contributed by atoms with Crippen molar-refractivity contribution in [3.8, 4) is 0 Å². The van der Waals surface area contributed by atoms with Gasteiger partial charge in [-0.05, 0) is 45.2 Å². The Morgan fingerprint density at radius 3 is 1.84 bits per heavy atom. The molecule has 0 rings (SSSR count). The number of aliphatic hydroxyl groups excluding tert-OH is 1. The number of rotatable bonds is 24. The Kier molecular flexibility index (Phi) is 23.6. The molecule has 0 aromatic carbocycles. The summed E-state index contributed by atoms with van der Waals surface area (Å²) in [4.78, 5) is 15.0. The van der Waals surface area contributed by atoms with Crippen molar-refractivity contribution in [3.05, 3.63) is 0 Å². The van der Waals surface area contributed by atoms with Gasteiger partial charge in [0.2, 0.25) is 0 Å². The van der Waals surface area contributed by atoms with E-state index in [2.05, 4.69) is 25.7 Å². The number of hydrogen-bond acceptors (Lipinski definition) is 4. The van der Waals surface area contributed by atoms with Crippen molar-refractivity contribution in [1.82, 2.24) is 4.90 Å². The summed E-state index contributed by atoms with van der Waals surface area (Å²) in [6.07, 6.45) is 20.1. The largest absolute Gasteiger partial charge is 0.465 e. The van der Waals surface area contributed by atoms with E-state index in [9.17, 15) is 4.79 Å². The zero-order valence-electron chi connectivity index (χ0n) is 21.3. The molecule has 1 unspecified atom stereocenters. The molecular formula is C27H55NO3. The lowest BCUT2D eigenvalue weighted by atomic mass is 9.94. The van der Waals surface area contributed by atoms with Crippen LogP contribution in [0.1, 0.15) is 130 Å². The van der Waals surface area contributed by atoms with Crippen molar-refractivity contribution in [2.75, 3.05) is 32.8 Å². The third-order valence-electron chi connectivity index (χ3n) is 6.21. The lowest BCUT2D eigenvalue weighted by Crippen LogP contribution is -2.28. The molecule has 0 aliphatic carbocycles. The van der Waals surface area contributed by atoms with Gasteiger partial charge in [-0.1, -0.05) is 97.8 Å². The van der Waals surface area contributed by atoms with Crippen LogP contribution in [0.3, 0.4) is 0 Å². The second kappa shape index (κ2) is 24.0. The van der Waals surface area contributed by atoms with Crippen molar-refractivity contribution in [2.45, 2.75) is 130 Å². The predicted octanol–water partition coefficient (Wildman–Crippen LogP) is 7.13. The van der Waals surface area contributed by atoms with Crippen LogP contribution in [-0.4, -0.2) is 48.8 Å². The maximum atomic E-state index is 12.6. The number of aliphatic hydroxyl groups is 1. The molecule has 0 heterocycles. The molecule has 0 aromatic rings. The first kappa shape index (κ1) is 30.4. The Morgan fingerprint density at radius 1 is 0.677 bits per heavy atom. The number of hydrogen-bond donors (Lipinski definition) is 1. The van der Waals surface area contributed by atoms with Crippen LogP contribution in [0.15, 0.2) is 0 Å². The van der Waals surface area contributed by atoms with Gasteiger partial charge in [0.15, 0.2) is 0 Å². The topological polar surface area (TPSA) is 49.8 Å². The van der Waals surface area contributed by atoms with Crippen molar-refractivity contribution >= 4 is 5.97 Å². The van der Waals surface area contributed by atoms with E-state index in [1.54, 1.807) is 0 Å². The van der Waals surface area contributed by atoms with Gasteiger partial charge in [-0.2, -0.15) is 0 Å². The van der Waals surface area contributed by atoms with Crippen LogP contribution in [0.4, 0.5) is 0 Å². The second-order valence-corrected chi connectivity index (χ2v) is 9.25. The third-order valence-corrected chi connectivity index (χ3v) is 6.21. The van der Waals surface area contributed by atoms with Gasteiger partial charge in [-0.15, -0.1) is 0 Å². The molecule has 0 saturated carbocycles. The van der Waals surface area contributed by atoms with Crippen LogP contribution in [0, 0.1) is 5.92 Å². The molecule has 186 valence electrons. The fourth-order valence-corrected chi connectivity index (χ4v) is 4.24. The van der Waals surface area contributed by atoms with Crippen LogP contribution in [0.25, 0.3) is 0 Å². The zero-order valence-corrected chi connectivity index (χ0v) is 21.3. The van der Waals surface area contributed by atoms with Crippen molar-refractivity contribution in [2.24, 2.45) is 5.92 Å². The molecule has 0 spiro atoms. The van der Waals surface area contributed by atoms with Gasteiger partial charge in [0, 0.05) is 6.54 Å². The molecular weight excluding hydrogens is 386 g/mol. The molecule has 0 radical (unpaired) electrons. The molecule has 1 N–H and O–H groups in total. The maximum absolute atomic E-state index is 12.6. The Bertz CT molecular complexity index is 369. The Balaban J connectivity index is 4.01. The summed E-state index contributed by atoms with van der Waals surface area (Å²) in [5.41, 5.74) is 0. The quantitative estimate of drug-likeness (QED) is 0.128. The van der Waals surface area contributed by atoms with Gasteiger partial charge in [-0.3, -0.25) is 4.79 Å². The van der Waals surface area contributed by atoms with E-state index in [1.807, 2.05) is 0 Å². The zero-order chi connectivity index (χ0) is 23.0. The summed E-state index contributed by atoms with van der Waals surface area (Å²) in [7, 11) is 0. The number of carbonyl (C=O) groups is 1. The first-order valence-electron chi connectivity index (χ1n) is 13.7. The molecule has 0 saturated heterocycles. The van der Waals surface area contributed by atoms with Gasteiger partial charge >= 0.3 is 5.97 Å². The van der Waals surface area contributed by atoms with E-state index < -0.39 is 0 Å². The molecule has 31 heavy (non-hydrogen) atoms. The molecule has 0 aliphatic rings. The normalized spacial score (nSPS) is 12.4. The molecule has 0 bridgehead atoms. The number of esters is 1. The summed E-state index contributed by atoms with van der Waals surface area (Å²) in [5.74, 6) is 0.172. The fraction of sp³-hybridized carbons (Fsp3) is 0.963. The van der Waals surface area contributed by atoms with Crippen LogP contribution in [0.5, 0.6) is 0 Å². The second-order valence-electron chi connectivity index (χ2n) is 9.25. The monoisotopic (exact) mass is 441 g/mol. The first-order chi connectivity index (χ1) is 15.2. The van der Waals surface area contributed by atoms with E-state index in [1.165, 1.54) is 64.2 Å². The smallest absolute Gasteiger partial charge is 0.308 e. The SMILES string of the molecule is CCCCCCCCC(CCCCCC)C(=O)OCCCCCCN(CCC)CCO. The van der Waals surface area contributed by atoms with Crippen LogP contribution in [-0.2, 0) is 9.53 Å². The minimum Gasteiger partial charge on any atom is -0.465 e. The van der Waals surface area contributed by atoms with Gasteiger partial charge in [0.25, 0.3) is 0 Å². The highest BCUT2D eigenvalue weighted by Gasteiger charge is 2.19. The first-order valence-corrected chi connectivity index (χ1v) is 13.7. The summed E-state index contributed by atoms with van der Waals surface area (Å²) >= 11 is 0. The molecule has 4 nitrogen and oxygen atoms in total. The van der Waals surface area contributed by atoms with Crippen molar-refractivity contribution < 1.29 is 14.6 Å². The minimum atomic E-state index is 0.0575. The van der Waals surface area contributed by atoms with Gasteiger partial charge < -0.3 is 14.7 Å². The highest BCUT2D eigenvalue weighted by molar-refractivity contribution is 5.72. The maximum Gasteiger partial charge on any atom is 0.308 e. The van der Waals surface area contributed by atoms with Crippen molar-refractivity contribution in [3.63, 3.8) is 0 Å². The fourth-order valence-electron chi connectivity index (χ4n) is 4.24. The third kappa shape index (κ3) is 19.8. The van der Waals surface area contributed by atoms with E-state index in [-0.39, 0.29) is 18.5 Å². The molecule has 0 aromatic heterocycles. The predicted molar refractivity (Wildman–Crippen MR) is 133 cm³/mol. The summed E-state index contributed by atoms with van der Waals surface area (Å²) in [6.45, 7) is 10.4. The van der Waals surface area contributed by atoms with E-state index in [4.69, 9.17) is 9.84 Å². The lowest BCUT2D eigenvalue weighted by Gasteiger charge is -2.20. The standard InChI is InChI=1S/C27H55NO3/c1-4-7-9-11-12-16-20-26(19-15-10-8-5-2)27(30)31-25-18-14-13-17-22-28(21-6-3)23-24-29/h26,29H,4-25H2,1-3H3. The molecule has 4 heteroatoms. The summed E-state index contributed by atoms with van der Waals surface area (Å²) in [6, 6.07) is 0. The Hall–Kier alpha value is -0.610. The number of nitrogens with zero attached hydrogens (tertiary/aromatic N) is 1. The van der Waals surface area contributed by atoms with Gasteiger partial charge in [-0.25, -0.2) is 0 Å². The van der Waals surface area contributed by atoms with E-state index >= 15 is 0 Å². The molecule has 0 aliphatic heterocycles. The van der Waals surface area contributed by atoms with E-state index in [0.717, 1.165) is 64.6 Å². The minimum absolute atomic E-state index is 0.0575. The average Bonchev–Trinajstić information content (AvgIpc) is 2.76. The van der Waals surface area contributed by atoms with Crippen molar-refractivity contribution in [1.29, 1.82) is 0 Å². The summed E-state index contributed by atoms with van der Waals surface area (Å²) < 4.78 is 5.68. The van der Waals surface area contributed by atoms with Crippen LogP contribution in [0.2, 0.25) is 0 Å². The van der Waals surface area contributed by atoms with Gasteiger partial charge in [0.1, 0.15) is 0 Å². The molecule has 1 atom stereocenters. The average molecular weight is 442 g/mol. The van der Waals surface area contributed by atoms with Crippen LogP contribution >= 0.6 is 0 Å². The lowest BCUT2D eigenvalue weighted by molar-refractivity contribution is -0.149. The summed E-state index contributed by atoms with van der Waals surface area (Å²) in [5, 5.41) is 9.13. The Morgan fingerprint density at radius 2 is 1.23 bits per heavy atom. The number of ether oxygens (including phenoxy) is 1. The van der Waals surface area contributed by atoms with E-state index in [0.29, 0.717) is 6.61 Å². The highest BCUT2D eigenvalue weighted by atomic mass is 16.5. The van der Waals surface area contributed by atoms with Crippen LogP contribution < -0.4 is 0 Å². The molecule has 0 fully saturated rings. The number of unbranched alkanes of at least 4 members (excludes halogenated alkanes) is 11. The molecule has 0 amide bonds. The highest BCUT2D eigenvalue weighted by Crippen LogP contribution is 2.20. The Labute approximate surface area is 194 Å². The number of carbonyl (C=O) groups excluding carboxylic acids is 1.